The second kappa shape index (κ2) is 7.38. The molecule has 1 aromatic carbocycles. The smallest absolute Gasteiger partial charge is 0.277 e. The molecular weight excluding hydrogens is 332 g/mol. The van der Waals surface area contributed by atoms with Crippen LogP contribution in [-0.4, -0.2) is 26.8 Å². The second-order valence-corrected chi connectivity index (χ2v) is 6.54. The zero-order valence-electron chi connectivity index (χ0n) is 12.4. The number of hydrogen-bond donors (Lipinski definition) is 1. The summed E-state index contributed by atoms with van der Waals surface area (Å²) in [5.41, 5.74) is 1.99. The Labute approximate surface area is 141 Å². The molecule has 0 aliphatic heterocycles. The van der Waals surface area contributed by atoms with E-state index in [1.54, 1.807) is 0 Å². The van der Waals surface area contributed by atoms with Crippen LogP contribution in [0.2, 0.25) is 0 Å². The first kappa shape index (κ1) is 15.7. The summed E-state index contributed by atoms with van der Waals surface area (Å²) in [5.74, 6) is 0.591. The second-order valence-electron chi connectivity index (χ2n) is 4.75. The Kier molecular flexibility index (Phi) is 5.04. The molecule has 118 valence electrons. The van der Waals surface area contributed by atoms with Crippen molar-refractivity contribution in [2.45, 2.75) is 18.6 Å². The van der Waals surface area contributed by atoms with Crippen LogP contribution in [0.1, 0.15) is 17.1 Å². The van der Waals surface area contributed by atoms with Gasteiger partial charge in [0.05, 0.1) is 17.9 Å². The SMILES string of the molecule is Cc1csc(NC(=O)CSc2nnc(Cc3ccccc3)o2)n1. The van der Waals surface area contributed by atoms with E-state index in [4.69, 9.17) is 4.42 Å². The van der Waals surface area contributed by atoms with Gasteiger partial charge >= 0.3 is 0 Å². The number of carbonyl (C=O) groups excluding carboxylic acids is 1. The normalized spacial score (nSPS) is 10.7. The molecule has 2 aromatic heterocycles. The summed E-state index contributed by atoms with van der Waals surface area (Å²) in [6, 6.07) is 9.89. The molecule has 0 spiro atoms. The minimum Gasteiger partial charge on any atom is -0.416 e. The molecule has 3 aromatic rings. The average molecular weight is 346 g/mol. The van der Waals surface area contributed by atoms with E-state index in [1.807, 2.05) is 42.6 Å². The Hall–Kier alpha value is -2.19. The highest BCUT2D eigenvalue weighted by molar-refractivity contribution is 7.99. The molecule has 3 rings (SSSR count). The van der Waals surface area contributed by atoms with Crippen molar-refractivity contribution in [2.24, 2.45) is 0 Å². The maximum atomic E-state index is 11.8. The Morgan fingerprint density at radius 2 is 2.13 bits per heavy atom. The van der Waals surface area contributed by atoms with Crippen molar-refractivity contribution in [1.29, 1.82) is 0 Å². The highest BCUT2D eigenvalue weighted by Gasteiger charge is 2.11. The van der Waals surface area contributed by atoms with Crippen LogP contribution in [0.25, 0.3) is 0 Å². The quantitative estimate of drug-likeness (QED) is 0.691. The van der Waals surface area contributed by atoms with E-state index in [1.165, 1.54) is 23.1 Å². The molecule has 0 unspecified atom stereocenters. The van der Waals surface area contributed by atoms with Gasteiger partial charge in [-0.3, -0.25) is 4.79 Å². The molecule has 8 heteroatoms. The van der Waals surface area contributed by atoms with Crippen LogP contribution < -0.4 is 5.32 Å². The van der Waals surface area contributed by atoms with Crippen LogP contribution >= 0.6 is 23.1 Å². The van der Waals surface area contributed by atoms with Crippen LogP contribution in [0.4, 0.5) is 5.13 Å². The molecule has 0 aliphatic carbocycles. The molecule has 0 aliphatic rings. The summed E-state index contributed by atoms with van der Waals surface area (Å²) in [4.78, 5) is 16.0. The molecule has 0 atom stereocenters. The number of rotatable bonds is 6. The maximum Gasteiger partial charge on any atom is 0.277 e. The first-order valence-corrected chi connectivity index (χ1v) is 8.76. The predicted octanol–water partition coefficient (Wildman–Crippen LogP) is 3.16. The number of aromatic nitrogens is 3. The van der Waals surface area contributed by atoms with Gasteiger partial charge in [0.2, 0.25) is 11.8 Å². The number of amides is 1. The van der Waals surface area contributed by atoms with E-state index in [9.17, 15) is 4.79 Å². The van der Waals surface area contributed by atoms with Crippen molar-refractivity contribution in [3.63, 3.8) is 0 Å². The van der Waals surface area contributed by atoms with Gasteiger partial charge in [0, 0.05) is 5.38 Å². The Morgan fingerprint density at radius 3 is 2.87 bits per heavy atom. The minimum atomic E-state index is -0.146. The molecule has 6 nitrogen and oxygen atoms in total. The molecule has 1 N–H and O–H groups in total. The Bertz CT molecular complexity index is 786. The number of nitrogens with one attached hydrogen (secondary N) is 1. The van der Waals surface area contributed by atoms with Crippen molar-refractivity contribution in [2.75, 3.05) is 11.1 Å². The van der Waals surface area contributed by atoms with Gasteiger partial charge < -0.3 is 9.73 Å². The number of nitrogens with zero attached hydrogens (tertiary/aromatic N) is 3. The van der Waals surface area contributed by atoms with Gasteiger partial charge in [0.25, 0.3) is 5.22 Å². The number of benzene rings is 1. The van der Waals surface area contributed by atoms with Gasteiger partial charge in [-0.05, 0) is 12.5 Å². The summed E-state index contributed by atoms with van der Waals surface area (Å²) in [6.45, 7) is 1.88. The first-order chi connectivity index (χ1) is 11.2. The van der Waals surface area contributed by atoms with Gasteiger partial charge in [-0.1, -0.05) is 42.1 Å². The van der Waals surface area contributed by atoms with Gasteiger partial charge in [-0.25, -0.2) is 4.98 Å². The molecular formula is C15H14N4O2S2. The number of carbonyl (C=O) groups is 1. The standard InChI is InChI=1S/C15H14N4O2S2/c1-10-8-22-14(16-10)17-12(20)9-23-15-19-18-13(21-15)7-11-5-3-2-4-6-11/h2-6,8H,7,9H2,1H3,(H,16,17,20). The number of thiazole rings is 1. The summed E-state index contributed by atoms with van der Waals surface area (Å²) >= 11 is 2.61. The van der Waals surface area contributed by atoms with Gasteiger partial charge in [0.15, 0.2) is 5.13 Å². The summed E-state index contributed by atoms with van der Waals surface area (Å²) in [5, 5.41) is 13.6. The average Bonchev–Trinajstić information content (AvgIpc) is 3.15. The first-order valence-electron chi connectivity index (χ1n) is 6.90. The number of anilines is 1. The number of thioether (sulfide) groups is 1. The van der Waals surface area contributed by atoms with Crippen LogP contribution in [-0.2, 0) is 11.2 Å². The third kappa shape index (κ3) is 4.64. The number of aryl methyl sites for hydroxylation is 1. The fraction of sp³-hybridized carbons (Fsp3) is 0.200. The molecule has 0 saturated heterocycles. The fourth-order valence-corrected chi connectivity index (χ4v) is 3.12. The summed E-state index contributed by atoms with van der Waals surface area (Å²) in [6.07, 6.45) is 0.582. The van der Waals surface area contributed by atoms with Crippen LogP contribution in [0.5, 0.6) is 0 Å². The van der Waals surface area contributed by atoms with E-state index in [0.29, 0.717) is 22.7 Å². The molecule has 1 amide bonds. The molecule has 0 radical (unpaired) electrons. The third-order valence-corrected chi connectivity index (χ3v) is 4.53. The summed E-state index contributed by atoms with van der Waals surface area (Å²) < 4.78 is 5.54. The van der Waals surface area contributed by atoms with Gasteiger partial charge in [-0.2, -0.15) is 0 Å². The lowest BCUT2D eigenvalue weighted by Gasteiger charge is -1.98. The Balaban J connectivity index is 1.50. The van der Waals surface area contributed by atoms with Gasteiger partial charge in [0.1, 0.15) is 0 Å². The maximum absolute atomic E-state index is 11.8. The lowest BCUT2D eigenvalue weighted by molar-refractivity contribution is -0.113. The third-order valence-electron chi connectivity index (χ3n) is 2.84. The lowest BCUT2D eigenvalue weighted by Crippen LogP contribution is -2.13. The van der Waals surface area contributed by atoms with Crippen LogP contribution in [0, 0.1) is 6.92 Å². The highest BCUT2D eigenvalue weighted by atomic mass is 32.2. The van der Waals surface area contributed by atoms with Crippen LogP contribution in [0.15, 0.2) is 45.4 Å². The Morgan fingerprint density at radius 1 is 1.30 bits per heavy atom. The van der Waals surface area contributed by atoms with Crippen molar-refractivity contribution >= 4 is 34.1 Å². The molecule has 23 heavy (non-hydrogen) atoms. The molecule has 0 fully saturated rings. The van der Waals surface area contributed by atoms with Crippen molar-refractivity contribution in [1.82, 2.24) is 15.2 Å². The lowest BCUT2D eigenvalue weighted by atomic mass is 10.2. The highest BCUT2D eigenvalue weighted by Crippen LogP contribution is 2.19. The molecule has 0 saturated carbocycles. The topological polar surface area (TPSA) is 80.9 Å². The van der Waals surface area contributed by atoms with E-state index in [-0.39, 0.29) is 11.7 Å². The fourth-order valence-electron chi connectivity index (χ4n) is 1.83. The zero-order chi connectivity index (χ0) is 16.1. The molecule has 2 heterocycles. The van der Waals surface area contributed by atoms with E-state index in [2.05, 4.69) is 20.5 Å². The van der Waals surface area contributed by atoms with Gasteiger partial charge in [-0.15, -0.1) is 21.5 Å². The van der Waals surface area contributed by atoms with Crippen molar-refractivity contribution in [3.05, 3.63) is 52.9 Å². The minimum absolute atomic E-state index is 0.146. The van der Waals surface area contributed by atoms with E-state index >= 15 is 0 Å². The molecule has 0 bridgehead atoms. The van der Waals surface area contributed by atoms with Crippen molar-refractivity contribution in [3.8, 4) is 0 Å². The van der Waals surface area contributed by atoms with E-state index in [0.717, 1.165) is 11.3 Å². The zero-order valence-corrected chi connectivity index (χ0v) is 14.0. The van der Waals surface area contributed by atoms with Crippen LogP contribution in [0.3, 0.4) is 0 Å². The summed E-state index contributed by atoms with van der Waals surface area (Å²) in [7, 11) is 0. The predicted molar refractivity (Wildman–Crippen MR) is 89.8 cm³/mol. The number of hydrogen-bond acceptors (Lipinski definition) is 7. The van der Waals surface area contributed by atoms with Crippen molar-refractivity contribution < 1.29 is 9.21 Å². The largest absolute Gasteiger partial charge is 0.416 e. The monoisotopic (exact) mass is 346 g/mol. The van der Waals surface area contributed by atoms with E-state index < -0.39 is 0 Å².